The molecule has 0 saturated carbocycles. The van der Waals surface area contributed by atoms with Crippen molar-refractivity contribution in [3.8, 4) is 0 Å². The van der Waals surface area contributed by atoms with Crippen LogP contribution in [0, 0.1) is 5.92 Å². The van der Waals surface area contributed by atoms with E-state index < -0.39 is 0 Å². The number of aromatic nitrogens is 3. The summed E-state index contributed by atoms with van der Waals surface area (Å²) in [6.07, 6.45) is 3.77. The van der Waals surface area contributed by atoms with E-state index in [0.717, 1.165) is 28.5 Å². The Balaban J connectivity index is 2.19. The topological polar surface area (TPSA) is 39.9 Å². The van der Waals surface area contributed by atoms with Gasteiger partial charge in [-0.3, -0.25) is 4.98 Å². The molecule has 0 saturated heterocycles. The van der Waals surface area contributed by atoms with Crippen LogP contribution in [0.2, 0.25) is 0 Å². The third kappa shape index (κ3) is 2.51. The van der Waals surface area contributed by atoms with Gasteiger partial charge in [0.1, 0.15) is 5.52 Å². The summed E-state index contributed by atoms with van der Waals surface area (Å²) >= 11 is 0. The van der Waals surface area contributed by atoms with Crippen LogP contribution in [0.25, 0.3) is 21.9 Å². The Morgan fingerprint density at radius 2 is 1.95 bits per heavy atom. The predicted molar refractivity (Wildman–Crippen MR) is 85.4 cm³/mol. The lowest BCUT2D eigenvalue weighted by Gasteiger charge is -2.23. The maximum atomic E-state index is 5.68. The van der Waals surface area contributed by atoms with Crippen LogP contribution >= 0.6 is 0 Å². The van der Waals surface area contributed by atoms with E-state index in [1.165, 1.54) is 0 Å². The first-order chi connectivity index (χ1) is 10.2. The molecule has 0 aliphatic rings. The molecule has 0 radical (unpaired) electrons. The molecule has 0 aliphatic carbocycles. The second-order valence-electron chi connectivity index (χ2n) is 5.63. The zero-order chi connectivity index (χ0) is 14.8. The van der Waals surface area contributed by atoms with Gasteiger partial charge in [-0.1, -0.05) is 32.0 Å². The van der Waals surface area contributed by atoms with Crippen LogP contribution in [0.3, 0.4) is 0 Å². The number of rotatable bonds is 5. The lowest BCUT2D eigenvalue weighted by Crippen LogP contribution is -2.20. The van der Waals surface area contributed by atoms with Crippen molar-refractivity contribution in [2.45, 2.75) is 26.8 Å². The molecule has 3 rings (SSSR count). The zero-order valence-corrected chi connectivity index (χ0v) is 12.8. The molecule has 0 fully saturated rings. The minimum absolute atomic E-state index is 0.278. The van der Waals surface area contributed by atoms with E-state index in [1.54, 1.807) is 0 Å². The summed E-state index contributed by atoms with van der Waals surface area (Å²) in [6.45, 7) is 7.91. The van der Waals surface area contributed by atoms with Crippen LogP contribution in [-0.4, -0.2) is 27.7 Å². The molecule has 1 aromatic carbocycles. The molecule has 0 aliphatic heterocycles. The molecule has 21 heavy (non-hydrogen) atoms. The monoisotopic (exact) mass is 283 g/mol. The van der Waals surface area contributed by atoms with Crippen molar-refractivity contribution in [1.82, 2.24) is 14.5 Å². The van der Waals surface area contributed by atoms with Crippen molar-refractivity contribution in [3.05, 3.63) is 36.8 Å². The van der Waals surface area contributed by atoms with E-state index in [0.29, 0.717) is 12.5 Å². The van der Waals surface area contributed by atoms with Gasteiger partial charge in [-0.05, 0) is 18.9 Å². The van der Waals surface area contributed by atoms with Crippen LogP contribution in [0.4, 0.5) is 0 Å². The Kier molecular flexibility index (Phi) is 3.88. The molecular weight excluding hydrogens is 262 g/mol. The van der Waals surface area contributed by atoms with E-state index in [9.17, 15) is 0 Å². The van der Waals surface area contributed by atoms with Crippen molar-refractivity contribution in [3.63, 3.8) is 0 Å². The molecule has 0 bridgehead atoms. The van der Waals surface area contributed by atoms with Gasteiger partial charge in [-0.25, -0.2) is 4.98 Å². The van der Waals surface area contributed by atoms with Gasteiger partial charge in [0.25, 0.3) is 0 Å². The summed E-state index contributed by atoms with van der Waals surface area (Å²) in [6, 6.07) is 8.50. The fourth-order valence-electron chi connectivity index (χ4n) is 2.75. The normalized spacial score (nSPS) is 13.3. The summed E-state index contributed by atoms with van der Waals surface area (Å²) in [5.41, 5.74) is 3.10. The molecule has 0 N–H and O–H groups in total. The number of hydrogen-bond acceptors (Lipinski definition) is 3. The Hall–Kier alpha value is -1.94. The van der Waals surface area contributed by atoms with Crippen molar-refractivity contribution < 1.29 is 4.74 Å². The smallest absolute Gasteiger partial charge is 0.107 e. The van der Waals surface area contributed by atoms with Crippen molar-refractivity contribution in [1.29, 1.82) is 0 Å². The Labute approximate surface area is 124 Å². The molecule has 0 spiro atoms. The van der Waals surface area contributed by atoms with Gasteiger partial charge in [0.15, 0.2) is 0 Å². The van der Waals surface area contributed by atoms with Crippen LogP contribution < -0.4 is 0 Å². The van der Waals surface area contributed by atoms with Crippen LogP contribution in [-0.2, 0) is 4.74 Å². The van der Waals surface area contributed by atoms with Crippen molar-refractivity contribution >= 4 is 21.9 Å². The maximum absolute atomic E-state index is 5.68. The molecule has 1 atom stereocenters. The van der Waals surface area contributed by atoms with E-state index in [2.05, 4.69) is 34.4 Å². The zero-order valence-electron chi connectivity index (χ0n) is 12.8. The van der Waals surface area contributed by atoms with Gasteiger partial charge < -0.3 is 9.30 Å². The Morgan fingerprint density at radius 1 is 1.14 bits per heavy atom. The van der Waals surface area contributed by atoms with Gasteiger partial charge in [0.05, 0.1) is 36.2 Å². The highest BCUT2D eigenvalue weighted by molar-refractivity contribution is 6.01. The summed E-state index contributed by atoms with van der Waals surface area (Å²) in [7, 11) is 0. The van der Waals surface area contributed by atoms with E-state index in [4.69, 9.17) is 4.74 Å². The average molecular weight is 283 g/mol. The predicted octanol–water partition coefficient (Wildman–Crippen LogP) is 3.82. The molecule has 110 valence electrons. The summed E-state index contributed by atoms with van der Waals surface area (Å²) in [5.74, 6) is 0.473. The number of fused-ring (bicyclic) bond motifs is 3. The summed E-state index contributed by atoms with van der Waals surface area (Å²) in [4.78, 5) is 9.01. The molecular formula is C17H21N3O. The second kappa shape index (κ2) is 5.82. The highest BCUT2D eigenvalue weighted by Crippen LogP contribution is 2.28. The summed E-state index contributed by atoms with van der Waals surface area (Å²) < 4.78 is 7.93. The quantitative estimate of drug-likeness (QED) is 0.714. The first-order valence-corrected chi connectivity index (χ1v) is 7.50. The molecule has 3 aromatic rings. The fourth-order valence-corrected chi connectivity index (χ4v) is 2.75. The lowest BCUT2D eigenvalue weighted by molar-refractivity contribution is 0.0980. The molecule has 0 amide bonds. The average Bonchev–Trinajstić information content (AvgIpc) is 2.92. The molecule has 4 heteroatoms. The van der Waals surface area contributed by atoms with E-state index in [1.807, 2.05) is 37.6 Å². The third-order valence-electron chi connectivity index (χ3n) is 3.93. The molecule has 0 unspecified atom stereocenters. The molecule has 4 nitrogen and oxygen atoms in total. The van der Waals surface area contributed by atoms with E-state index >= 15 is 0 Å². The van der Waals surface area contributed by atoms with Crippen LogP contribution in [0.5, 0.6) is 0 Å². The van der Waals surface area contributed by atoms with Crippen LogP contribution in [0.1, 0.15) is 26.8 Å². The van der Waals surface area contributed by atoms with Crippen molar-refractivity contribution in [2.24, 2.45) is 5.92 Å². The fraction of sp³-hybridized carbons (Fsp3) is 0.412. The largest absolute Gasteiger partial charge is 0.380 e. The highest BCUT2D eigenvalue weighted by Gasteiger charge is 2.19. The van der Waals surface area contributed by atoms with Crippen LogP contribution in [0.15, 0.2) is 36.8 Å². The van der Waals surface area contributed by atoms with Gasteiger partial charge in [-0.2, -0.15) is 0 Å². The first kappa shape index (κ1) is 14.0. The lowest BCUT2D eigenvalue weighted by atomic mass is 10.0. The maximum Gasteiger partial charge on any atom is 0.107 e. The van der Waals surface area contributed by atoms with Gasteiger partial charge in [0, 0.05) is 12.0 Å². The minimum atomic E-state index is 0.278. The minimum Gasteiger partial charge on any atom is -0.380 e. The molecule has 2 heterocycles. The SMILES string of the molecule is CCOC[C@H](C(C)C)n1cnc2cnc3ccccc3c21. The number of hydrogen-bond donors (Lipinski definition) is 0. The highest BCUT2D eigenvalue weighted by atomic mass is 16.5. The second-order valence-corrected chi connectivity index (χ2v) is 5.63. The Bertz CT molecular complexity index is 748. The van der Waals surface area contributed by atoms with Crippen molar-refractivity contribution in [2.75, 3.05) is 13.2 Å². The number of nitrogens with zero attached hydrogens (tertiary/aromatic N) is 3. The number of benzene rings is 1. The third-order valence-corrected chi connectivity index (χ3v) is 3.93. The van der Waals surface area contributed by atoms with Gasteiger partial charge in [-0.15, -0.1) is 0 Å². The standard InChI is InChI=1S/C17H21N3O/c1-4-21-10-16(12(2)3)20-11-19-15-9-18-14-8-6-5-7-13(14)17(15)20/h5-9,11-12,16H,4,10H2,1-3H3/t16-/m1/s1. The number of para-hydroxylation sites is 1. The van der Waals surface area contributed by atoms with Gasteiger partial charge in [0.2, 0.25) is 0 Å². The van der Waals surface area contributed by atoms with E-state index in [-0.39, 0.29) is 6.04 Å². The molecule has 2 aromatic heterocycles. The first-order valence-electron chi connectivity index (χ1n) is 7.50. The van der Waals surface area contributed by atoms with Gasteiger partial charge >= 0.3 is 0 Å². The number of ether oxygens (including phenoxy) is 1. The number of imidazole rings is 1. The number of pyridine rings is 1. The Morgan fingerprint density at radius 3 is 2.71 bits per heavy atom. The summed E-state index contributed by atoms with van der Waals surface area (Å²) in [5, 5.41) is 1.15.